The van der Waals surface area contributed by atoms with Gasteiger partial charge in [-0.1, -0.05) is 11.1 Å². The average molecular weight is 307 g/mol. The zero-order valence-corrected chi connectivity index (χ0v) is 16.7. The highest BCUT2D eigenvalue weighted by Gasteiger charge is 2.33. The second kappa shape index (κ2) is 7.99. The van der Waals surface area contributed by atoms with E-state index in [2.05, 4.69) is 93.7 Å². The minimum absolute atomic E-state index is 0.0531. The predicted octanol–water partition coefficient (Wildman–Crippen LogP) is 3.85. The molecule has 0 unspecified atom stereocenters. The lowest BCUT2D eigenvalue weighted by molar-refractivity contribution is -0.923. The SMILES string of the molecule is CC(C)=CC[N+](C)(C)CC#CC(C)(C)[N+](C)(C)CC=C(C)C. The van der Waals surface area contributed by atoms with Gasteiger partial charge in [-0.2, -0.15) is 0 Å². The second-order valence-corrected chi connectivity index (χ2v) is 8.57. The summed E-state index contributed by atoms with van der Waals surface area (Å²) in [6, 6.07) is 0. The Kier molecular flexibility index (Phi) is 7.62. The fraction of sp³-hybridized carbons (Fsp3) is 0.700. The number of rotatable bonds is 6. The molecule has 0 aromatic rings. The molecule has 0 spiro atoms. The van der Waals surface area contributed by atoms with Crippen LogP contribution >= 0.6 is 0 Å². The Balaban J connectivity index is 4.92. The van der Waals surface area contributed by atoms with Gasteiger partial charge in [0.15, 0.2) is 5.54 Å². The molecule has 0 atom stereocenters. The monoisotopic (exact) mass is 306 g/mol. The summed E-state index contributed by atoms with van der Waals surface area (Å²) in [6.07, 6.45) is 4.60. The molecular formula is C20H38N2+2. The van der Waals surface area contributed by atoms with E-state index >= 15 is 0 Å². The summed E-state index contributed by atoms with van der Waals surface area (Å²) >= 11 is 0. The first-order valence-corrected chi connectivity index (χ1v) is 8.21. The Bertz CT molecular complexity index is 472. The van der Waals surface area contributed by atoms with Crippen molar-refractivity contribution in [1.82, 2.24) is 0 Å². The van der Waals surface area contributed by atoms with Crippen molar-refractivity contribution in [3.63, 3.8) is 0 Å². The summed E-state index contributed by atoms with van der Waals surface area (Å²) in [5.74, 6) is 6.96. The highest BCUT2D eigenvalue weighted by molar-refractivity contribution is 5.12. The highest BCUT2D eigenvalue weighted by Crippen LogP contribution is 2.19. The molecule has 0 saturated carbocycles. The average Bonchev–Trinajstić information content (AvgIpc) is 2.33. The third kappa shape index (κ3) is 7.82. The Morgan fingerprint density at radius 3 is 1.77 bits per heavy atom. The van der Waals surface area contributed by atoms with E-state index in [0.29, 0.717) is 0 Å². The molecule has 126 valence electrons. The number of likely N-dealkylation sites (N-methyl/N-ethyl adjacent to an activating group) is 2. The topological polar surface area (TPSA) is 0 Å². The summed E-state index contributed by atoms with van der Waals surface area (Å²) in [7, 11) is 9.00. The summed E-state index contributed by atoms with van der Waals surface area (Å²) in [4.78, 5) is 0. The number of quaternary nitrogens is 2. The highest BCUT2D eigenvalue weighted by atomic mass is 15.4. The zero-order valence-electron chi connectivity index (χ0n) is 16.7. The predicted molar refractivity (Wildman–Crippen MR) is 99.5 cm³/mol. The molecule has 0 N–H and O–H groups in total. The maximum atomic E-state index is 3.52. The van der Waals surface area contributed by atoms with Crippen molar-refractivity contribution in [1.29, 1.82) is 0 Å². The normalized spacial score (nSPS) is 12.3. The summed E-state index contributed by atoms with van der Waals surface area (Å²) in [5.41, 5.74) is 2.69. The maximum Gasteiger partial charge on any atom is 0.155 e. The van der Waals surface area contributed by atoms with Crippen LogP contribution in [0.1, 0.15) is 41.5 Å². The molecule has 0 aliphatic heterocycles. The molecule has 0 radical (unpaired) electrons. The molecule has 0 heterocycles. The van der Waals surface area contributed by atoms with E-state index in [-0.39, 0.29) is 5.54 Å². The number of hydrogen-bond acceptors (Lipinski definition) is 0. The van der Waals surface area contributed by atoms with E-state index in [0.717, 1.165) is 28.6 Å². The van der Waals surface area contributed by atoms with Gasteiger partial charge in [0.25, 0.3) is 0 Å². The zero-order chi connectivity index (χ0) is 17.6. The van der Waals surface area contributed by atoms with Crippen molar-refractivity contribution in [3.05, 3.63) is 23.3 Å². The molecule has 0 amide bonds. The number of hydrogen-bond donors (Lipinski definition) is 0. The van der Waals surface area contributed by atoms with Gasteiger partial charge in [-0.3, -0.25) is 0 Å². The molecule has 2 heteroatoms. The molecule has 0 aliphatic rings. The van der Waals surface area contributed by atoms with Crippen LogP contribution in [-0.4, -0.2) is 62.3 Å². The maximum absolute atomic E-state index is 3.52. The van der Waals surface area contributed by atoms with E-state index in [1.54, 1.807) is 0 Å². The van der Waals surface area contributed by atoms with Crippen LogP contribution in [-0.2, 0) is 0 Å². The van der Waals surface area contributed by atoms with Gasteiger partial charge >= 0.3 is 0 Å². The quantitative estimate of drug-likeness (QED) is 0.397. The van der Waals surface area contributed by atoms with Crippen molar-refractivity contribution in [2.45, 2.75) is 47.1 Å². The third-order valence-corrected chi connectivity index (χ3v) is 4.36. The van der Waals surface area contributed by atoms with Crippen LogP contribution in [0.15, 0.2) is 23.3 Å². The lowest BCUT2D eigenvalue weighted by Gasteiger charge is -2.40. The molecule has 0 aliphatic carbocycles. The van der Waals surface area contributed by atoms with Gasteiger partial charge in [0.05, 0.1) is 41.3 Å². The summed E-state index contributed by atoms with van der Waals surface area (Å²) in [5, 5.41) is 0. The summed E-state index contributed by atoms with van der Waals surface area (Å²) in [6.45, 7) is 16.0. The minimum atomic E-state index is -0.0531. The van der Waals surface area contributed by atoms with Gasteiger partial charge in [-0.15, -0.1) is 0 Å². The van der Waals surface area contributed by atoms with Gasteiger partial charge in [0, 0.05) is 13.8 Å². The van der Waals surface area contributed by atoms with E-state index in [4.69, 9.17) is 0 Å². The fourth-order valence-corrected chi connectivity index (χ4v) is 1.75. The third-order valence-electron chi connectivity index (χ3n) is 4.36. The minimum Gasteiger partial charge on any atom is -0.315 e. The number of allylic oxidation sites excluding steroid dienone is 2. The van der Waals surface area contributed by atoms with Crippen LogP contribution in [0.5, 0.6) is 0 Å². The van der Waals surface area contributed by atoms with Gasteiger partial charge in [-0.05, 0) is 51.7 Å². The van der Waals surface area contributed by atoms with Crippen molar-refractivity contribution in [2.24, 2.45) is 0 Å². The first kappa shape index (κ1) is 21.0. The Morgan fingerprint density at radius 2 is 1.32 bits per heavy atom. The largest absolute Gasteiger partial charge is 0.315 e. The Labute approximate surface area is 139 Å². The standard InChI is InChI=1S/C20H38N2/c1-18(2)12-16-21(7,8)15-11-14-20(5,6)22(9,10)17-13-19(3)4/h12-13H,15-17H2,1-10H3/q+2. The van der Waals surface area contributed by atoms with Crippen LogP contribution in [0, 0.1) is 11.8 Å². The smallest absolute Gasteiger partial charge is 0.155 e. The fourth-order valence-electron chi connectivity index (χ4n) is 1.75. The van der Waals surface area contributed by atoms with Crippen molar-refractivity contribution >= 4 is 0 Å². The van der Waals surface area contributed by atoms with Crippen molar-refractivity contribution < 1.29 is 8.97 Å². The second-order valence-electron chi connectivity index (χ2n) is 8.57. The Hall–Kier alpha value is -1.04. The molecule has 0 aromatic heterocycles. The van der Waals surface area contributed by atoms with E-state index in [1.165, 1.54) is 11.1 Å². The van der Waals surface area contributed by atoms with Gasteiger partial charge in [0.2, 0.25) is 0 Å². The van der Waals surface area contributed by atoms with Crippen LogP contribution in [0.3, 0.4) is 0 Å². The van der Waals surface area contributed by atoms with Crippen LogP contribution in [0.4, 0.5) is 0 Å². The van der Waals surface area contributed by atoms with Crippen molar-refractivity contribution in [3.8, 4) is 11.8 Å². The lowest BCUT2D eigenvalue weighted by atomic mass is 10.0. The lowest BCUT2D eigenvalue weighted by Crippen LogP contribution is -2.55. The van der Waals surface area contributed by atoms with Crippen LogP contribution < -0.4 is 0 Å². The number of nitrogens with zero attached hydrogens (tertiary/aromatic N) is 2. The first-order valence-electron chi connectivity index (χ1n) is 8.21. The van der Waals surface area contributed by atoms with Crippen LogP contribution in [0.25, 0.3) is 0 Å². The van der Waals surface area contributed by atoms with Crippen LogP contribution in [0.2, 0.25) is 0 Å². The van der Waals surface area contributed by atoms with Gasteiger partial charge in [-0.25, -0.2) is 0 Å². The molecule has 0 saturated heterocycles. The molecule has 22 heavy (non-hydrogen) atoms. The molecule has 0 bridgehead atoms. The molecule has 0 fully saturated rings. The Morgan fingerprint density at radius 1 is 0.864 bits per heavy atom. The summed E-state index contributed by atoms with van der Waals surface area (Å²) < 4.78 is 1.79. The van der Waals surface area contributed by atoms with Gasteiger partial charge in [0.1, 0.15) is 6.54 Å². The van der Waals surface area contributed by atoms with Gasteiger partial charge < -0.3 is 8.97 Å². The molecule has 0 rings (SSSR count). The molecular weight excluding hydrogens is 268 g/mol. The van der Waals surface area contributed by atoms with E-state index < -0.39 is 0 Å². The first-order chi connectivity index (χ1) is 9.79. The van der Waals surface area contributed by atoms with Crippen molar-refractivity contribution in [2.75, 3.05) is 47.8 Å². The molecule has 2 nitrogen and oxygen atoms in total. The van der Waals surface area contributed by atoms with E-state index in [9.17, 15) is 0 Å². The molecule has 0 aromatic carbocycles. The van der Waals surface area contributed by atoms with E-state index in [1.807, 2.05) is 0 Å².